The molecular weight excluding hydrogens is 246 g/mol. The molecule has 0 saturated carbocycles. The highest BCUT2D eigenvalue weighted by Crippen LogP contribution is 2.36. The lowest BCUT2D eigenvalue weighted by atomic mass is 10.1. The molecule has 1 aromatic carbocycles. The van der Waals surface area contributed by atoms with E-state index in [1.165, 1.54) is 17.0 Å². The number of rotatable bonds is 3. The maximum Gasteiger partial charge on any atom is 0.292 e. The van der Waals surface area contributed by atoms with E-state index in [0.29, 0.717) is 6.29 Å². The Kier molecular flexibility index (Phi) is 2.98. The number of anilines is 1. The molecule has 0 radical (unpaired) electrons. The number of halogens is 2. The standard InChI is InChI=1S/C11H10F2N2O3/c12-11(13)3-4-14(7-11)10-5-8(6-16)1-2-9(10)15(17)18/h1-2,5-6H,3-4,7H2. The van der Waals surface area contributed by atoms with Crippen LogP contribution in [0.1, 0.15) is 16.8 Å². The Bertz CT molecular complexity index is 505. The Balaban J connectivity index is 2.41. The summed E-state index contributed by atoms with van der Waals surface area (Å²) in [5.41, 5.74) is 0.0332. The van der Waals surface area contributed by atoms with Crippen molar-refractivity contribution in [3.63, 3.8) is 0 Å². The Morgan fingerprint density at radius 2 is 2.17 bits per heavy atom. The number of nitrogens with zero attached hydrogens (tertiary/aromatic N) is 2. The lowest BCUT2D eigenvalue weighted by Gasteiger charge is -2.18. The number of hydrogen-bond donors (Lipinski definition) is 0. The van der Waals surface area contributed by atoms with Crippen LogP contribution in [0.3, 0.4) is 0 Å². The van der Waals surface area contributed by atoms with Gasteiger partial charge in [-0.2, -0.15) is 0 Å². The maximum atomic E-state index is 13.1. The first-order chi connectivity index (χ1) is 8.43. The minimum atomic E-state index is -2.84. The van der Waals surface area contributed by atoms with Crippen LogP contribution in [0.25, 0.3) is 0 Å². The van der Waals surface area contributed by atoms with Gasteiger partial charge in [0.1, 0.15) is 12.0 Å². The number of carbonyl (C=O) groups is 1. The van der Waals surface area contributed by atoms with Gasteiger partial charge in [-0.25, -0.2) is 8.78 Å². The smallest absolute Gasteiger partial charge is 0.292 e. The third kappa shape index (κ3) is 2.29. The summed E-state index contributed by atoms with van der Waals surface area (Å²) < 4.78 is 26.2. The van der Waals surface area contributed by atoms with E-state index in [2.05, 4.69) is 0 Å². The van der Waals surface area contributed by atoms with Crippen LogP contribution in [-0.2, 0) is 0 Å². The van der Waals surface area contributed by atoms with E-state index in [1.54, 1.807) is 0 Å². The van der Waals surface area contributed by atoms with Gasteiger partial charge in [-0.05, 0) is 12.1 Å². The van der Waals surface area contributed by atoms with Crippen molar-refractivity contribution in [1.29, 1.82) is 0 Å². The number of alkyl halides is 2. The maximum absolute atomic E-state index is 13.1. The molecule has 0 amide bonds. The summed E-state index contributed by atoms with van der Waals surface area (Å²) >= 11 is 0. The van der Waals surface area contributed by atoms with E-state index in [4.69, 9.17) is 0 Å². The quantitative estimate of drug-likeness (QED) is 0.472. The normalized spacial score (nSPS) is 17.8. The number of nitro groups is 1. The van der Waals surface area contributed by atoms with Gasteiger partial charge in [0, 0.05) is 24.6 Å². The fourth-order valence-corrected chi connectivity index (χ4v) is 1.96. The van der Waals surface area contributed by atoms with E-state index < -0.39 is 17.4 Å². The van der Waals surface area contributed by atoms with Gasteiger partial charge in [0.05, 0.1) is 11.5 Å². The zero-order chi connectivity index (χ0) is 13.3. The second-order valence-corrected chi connectivity index (χ2v) is 4.15. The van der Waals surface area contributed by atoms with Crippen LogP contribution in [0.2, 0.25) is 0 Å². The molecule has 7 heteroatoms. The van der Waals surface area contributed by atoms with Crippen molar-refractivity contribution < 1.29 is 18.5 Å². The van der Waals surface area contributed by atoms with Gasteiger partial charge >= 0.3 is 0 Å². The van der Waals surface area contributed by atoms with Crippen molar-refractivity contribution in [3.05, 3.63) is 33.9 Å². The van der Waals surface area contributed by atoms with Gasteiger partial charge in [-0.3, -0.25) is 14.9 Å². The van der Waals surface area contributed by atoms with Crippen LogP contribution in [0.15, 0.2) is 18.2 Å². The summed E-state index contributed by atoms with van der Waals surface area (Å²) in [6.45, 7) is -0.522. The number of nitro benzene ring substituents is 1. The van der Waals surface area contributed by atoms with E-state index in [0.717, 1.165) is 6.07 Å². The molecule has 0 spiro atoms. The Morgan fingerprint density at radius 3 is 2.67 bits per heavy atom. The fraction of sp³-hybridized carbons (Fsp3) is 0.364. The van der Waals surface area contributed by atoms with Crippen LogP contribution >= 0.6 is 0 Å². The minimum Gasteiger partial charge on any atom is -0.360 e. The molecule has 1 aromatic rings. The molecule has 5 nitrogen and oxygen atoms in total. The summed E-state index contributed by atoms with van der Waals surface area (Å²) in [4.78, 5) is 22.1. The largest absolute Gasteiger partial charge is 0.360 e. The van der Waals surface area contributed by atoms with Crippen molar-refractivity contribution >= 4 is 17.7 Å². The fourth-order valence-electron chi connectivity index (χ4n) is 1.96. The predicted octanol–water partition coefficient (Wildman–Crippen LogP) is 2.25. The molecule has 1 fully saturated rings. The van der Waals surface area contributed by atoms with Gasteiger partial charge in [-0.1, -0.05) is 0 Å². The summed E-state index contributed by atoms with van der Waals surface area (Å²) in [5.74, 6) is -2.84. The molecule has 1 saturated heterocycles. The molecule has 96 valence electrons. The molecule has 0 atom stereocenters. The van der Waals surface area contributed by atoms with Crippen molar-refractivity contribution in [2.75, 3.05) is 18.0 Å². The summed E-state index contributed by atoms with van der Waals surface area (Å²) in [6.07, 6.45) is 0.191. The lowest BCUT2D eigenvalue weighted by molar-refractivity contribution is -0.384. The number of carbonyl (C=O) groups excluding carboxylic acids is 1. The first-order valence-electron chi connectivity index (χ1n) is 5.29. The highest BCUT2D eigenvalue weighted by Gasteiger charge is 2.40. The highest BCUT2D eigenvalue weighted by atomic mass is 19.3. The molecule has 0 N–H and O–H groups in total. The molecule has 0 aromatic heterocycles. The van der Waals surface area contributed by atoms with E-state index >= 15 is 0 Å². The second kappa shape index (κ2) is 4.32. The molecular formula is C11H10F2N2O3. The van der Waals surface area contributed by atoms with Gasteiger partial charge < -0.3 is 4.90 Å². The molecule has 1 heterocycles. The highest BCUT2D eigenvalue weighted by molar-refractivity contribution is 5.80. The van der Waals surface area contributed by atoms with Crippen LogP contribution < -0.4 is 4.90 Å². The zero-order valence-corrected chi connectivity index (χ0v) is 9.31. The Morgan fingerprint density at radius 1 is 1.44 bits per heavy atom. The van der Waals surface area contributed by atoms with E-state index in [9.17, 15) is 23.7 Å². The molecule has 1 aliphatic heterocycles. The first kappa shape index (κ1) is 12.4. The zero-order valence-electron chi connectivity index (χ0n) is 9.31. The average molecular weight is 256 g/mol. The van der Waals surface area contributed by atoms with Crippen LogP contribution in [0.5, 0.6) is 0 Å². The Labute approximate surface area is 101 Å². The van der Waals surface area contributed by atoms with Crippen molar-refractivity contribution in [1.82, 2.24) is 0 Å². The van der Waals surface area contributed by atoms with Crippen LogP contribution in [-0.4, -0.2) is 30.2 Å². The monoisotopic (exact) mass is 256 g/mol. The second-order valence-electron chi connectivity index (χ2n) is 4.15. The molecule has 1 aliphatic rings. The van der Waals surface area contributed by atoms with Gasteiger partial charge in [0.25, 0.3) is 11.6 Å². The van der Waals surface area contributed by atoms with Crippen molar-refractivity contribution in [3.8, 4) is 0 Å². The van der Waals surface area contributed by atoms with Gasteiger partial charge in [0.2, 0.25) is 0 Å². The number of aldehydes is 1. The van der Waals surface area contributed by atoms with Crippen LogP contribution in [0.4, 0.5) is 20.2 Å². The molecule has 2 rings (SSSR count). The van der Waals surface area contributed by atoms with Gasteiger partial charge in [0.15, 0.2) is 0 Å². The molecule has 0 aliphatic carbocycles. The van der Waals surface area contributed by atoms with Gasteiger partial charge in [-0.15, -0.1) is 0 Å². The average Bonchev–Trinajstić information content (AvgIpc) is 2.68. The van der Waals surface area contributed by atoms with E-state index in [-0.39, 0.29) is 29.9 Å². The van der Waals surface area contributed by atoms with Crippen LogP contribution in [0, 0.1) is 10.1 Å². The summed E-state index contributed by atoms with van der Waals surface area (Å²) in [7, 11) is 0. The number of benzene rings is 1. The third-order valence-corrected chi connectivity index (χ3v) is 2.84. The SMILES string of the molecule is O=Cc1ccc([N+](=O)[O-])c(N2CCC(F)(F)C2)c1. The Hall–Kier alpha value is -2.05. The molecule has 18 heavy (non-hydrogen) atoms. The number of hydrogen-bond acceptors (Lipinski definition) is 4. The topological polar surface area (TPSA) is 63.4 Å². The van der Waals surface area contributed by atoms with Crippen molar-refractivity contribution in [2.45, 2.75) is 12.3 Å². The minimum absolute atomic E-state index is 0.0378. The predicted molar refractivity (Wildman–Crippen MR) is 60.3 cm³/mol. The van der Waals surface area contributed by atoms with E-state index in [1.807, 2.05) is 0 Å². The third-order valence-electron chi connectivity index (χ3n) is 2.84. The first-order valence-corrected chi connectivity index (χ1v) is 5.29. The van der Waals surface area contributed by atoms with Crippen molar-refractivity contribution in [2.24, 2.45) is 0 Å². The lowest BCUT2D eigenvalue weighted by Crippen LogP contribution is -2.25. The molecule has 0 bridgehead atoms. The summed E-state index contributed by atoms with van der Waals surface area (Å²) in [5, 5.41) is 10.8. The summed E-state index contributed by atoms with van der Waals surface area (Å²) in [6, 6.07) is 3.73. The molecule has 0 unspecified atom stereocenters.